The Labute approximate surface area is 178 Å². The number of nitrogens with zero attached hydrogens (tertiary/aromatic N) is 3. The maximum atomic E-state index is 12.7. The van der Waals surface area contributed by atoms with Crippen LogP contribution in [0.1, 0.15) is 23.8 Å². The minimum absolute atomic E-state index is 0.0301. The summed E-state index contributed by atoms with van der Waals surface area (Å²) >= 11 is 1.80. The predicted octanol–water partition coefficient (Wildman–Crippen LogP) is 2.31. The predicted molar refractivity (Wildman–Crippen MR) is 116 cm³/mol. The Hall–Kier alpha value is -1.64. The number of rotatable bonds is 8. The van der Waals surface area contributed by atoms with Crippen LogP contribution in [-0.2, 0) is 4.79 Å². The van der Waals surface area contributed by atoms with Crippen molar-refractivity contribution in [3.63, 3.8) is 0 Å². The lowest BCUT2D eigenvalue weighted by Gasteiger charge is -2.37. The molecule has 7 nitrogen and oxygen atoms in total. The third-order valence-corrected chi connectivity index (χ3v) is 6.92. The summed E-state index contributed by atoms with van der Waals surface area (Å²) in [4.78, 5) is 19.6. The molecule has 0 spiro atoms. The van der Waals surface area contributed by atoms with E-state index in [1.165, 1.54) is 0 Å². The average Bonchev–Trinajstić information content (AvgIpc) is 2.75. The van der Waals surface area contributed by atoms with Crippen LogP contribution in [0, 0.1) is 0 Å². The smallest absolute Gasteiger partial charge is 0.224 e. The van der Waals surface area contributed by atoms with Gasteiger partial charge in [-0.05, 0) is 37.7 Å². The zero-order valence-electron chi connectivity index (χ0n) is 18.0. The fourth-order valence-electron chi connectivity index (χ4n) is 3.92. The van der Waals surface area contributed by atoms with Gasteiger partial charge >= 0.3 is 0 Å². The molecule has 29 heavy (non-hydrogen) atoms. The molecular formula is C21H33N3O4S. The first-order valence-corrected chi connectivity index (χ1v) is 11.2. The van der Waals surface area contributed by atoms with Gasteiger partial charge < -0.3 is 28.9 Å². The normalized spacial score (nSPS) is 21.3. The summed E-state index contributed by atoms with van der Waals surface area (Å²) < 4.78 is 16.5. The van der Waals surface area contributed by atoms with E-state index in [9.17, 15) is 4.79 Å². The van der Waals surface area contributed by atoms with Crippen molar-refractivity contribution < 1.29 is 19.0 Å². The zero-order valence-corrected chi connectivity index (χ0v) is 18.8. The van der Waals surface area contributed by atoms with Gasteiger partial charge in [0.05, 0.1) is 21.3 Å². The number of likely N-dealkylation sites (N-methyl/N-ethyl adjacent to an activating group) is 1. The minimum Gasteiger partial charge on any atom is -0.493 e. The van der Waals surface area contributed by atoms with Crippen molar-refractivity contribution in [3.8, 4) is 17.2 Å². The standard InChI is InChI=1S/C21H33N3O4S/c1-22-9-11-23(12-10-22)7-5-8-24-19(25)6-13-29-21(24)16-14-17(26-2)20(28-4)18(15-16)27-3/h14-15,21H,5-13H2,1-4H3. The van der Waals surface area contributed by atoms with E-state index in [1.807, 2.05) is 17.0 Å². The summed E-state index contributed by atoms with van der Waals surface area (Å²) in [5.74, 6) is 2.87. The van der Waals surface area contributed by atoms with E-state index in [-0.39, 0.29) is 11.3 Å². The molecular weight excluding hydrogens is 390 g/mol. The number of amides is 1. The van der Waals surface area contributed by atoms with E-state index in [4.69, 9.17) is 14.2 Å². The number of thioether (sulfide) groups is 1. The van der Waals surface area contributed by atoms with Crippen LogP contribution in [0.25, 0.3) is 0 Å². The van der Waals surface area contributed by atoms with Gasteiger partial charge in [0, 0.05) is 44.9 Å². The Balaban J connectivity index is 1.72. The number of piperazine rings is 1. The molecule has 2 aliphatic heterocycles. The van der Waals surface area contributed by atoms with E-state index in [1.54, 1.807) is 33.1 Å². The van der Waals surface area contributed by atoms with Crippen molar-refractivity contribution in [2.75, 3.05) is 73.4 Å². The van der Waals surface area contributed by atoms with Crippen LogP contribution in [0.3, 0.4) is 0 Å². The highest BCUT2D eigenvalue weighted by Crippen LogP contribution is 2.45. The second kappa shape index (κ2) is 10.4. The van der Waals surface area contributed by atoms with Gasteiger partial charge in [-0.15, -0.1) is 11.8 Å². The van der Waals surface area contributed by atoms with Gasteiger partial charge in [-0.2, -0.15) is 0 Å². The molecule has 1 aromatic carbocycles. The Morgan fingerprint density at radius 1 is 1.00 bits per heavy atom. The third kappa shape index (κ3) is 5.29. The average molecular weight is 424 g/mol. The van der Waals surface area contributed by atoms with Crippen LogP contribution in [0.4, 0.5) is 0 Å². The highest BCUT2D eigenvalue weighted by atomic mass is 32.2. The number of carbonyl (C=O) groups excluding carboxylic acids is 1. The molecule has 0 bridgehead atoms. The van der Waals surface area contributed by atoms with Crippen molar-refractivity contribution in [2.24, 2.45) is 0 Å². The van der Waals surface area contributed by atoms with Gasteiger partial charge in [0.2, 0.25) is 11.7 Å². The number of methoxy groups -OCH3 is 3. The number of benzene rings is 1. The maximum Gasteiger partial charge on any atom is 0.224 e. The molecule has 1 aromatic rings. The van der Waals surface area contributed by atoms with Gasteiger partial charge in [0.25, 0.3) is 0 Å². The summed E-state index contributed by atoms with van der Waals surface area (Å²) in [6, 6.07) is 3.93. The highest BCUT2D eigenvalue weighted by Gasteiger charge is 2.31. The van der Waals surface area contributed by atoms with Crippen LogP contribution in [0.15, 0.2) is 12.1 Å². The molecule has 8 heteroatoms. The highest BCUT2D eigenvalue weighted by molar-refractivity contribution is 7.99. The Morgan fingerprint density at radius 3 is 2.24 bits per heavy atom. The fourth-order valence-corrected chi connectivity index (χ4v) is 5.17. The molecule has 0 radical (unpaired) electrons. The van der Waals surface area contributed by atoms with Gasteiger partial charge in [0.15, 0.2) is 11.5 Å². The monoisotopic (exact) mass is 423 g/mol. The lowest BCUT2D eigenvalue weighted by Crippen LogP contribution is -2.45. The molecule has 3 rings (SSSR count). The second-order valence-corrected chi connectivity index (χ2v) is 8.71. The van der Waals surface area contributed by atoms with E-state index in [2.05, 4.69) is 16.8 Å². The van der Waals surface area contributed by atoms with E-state index < -0.39 is 0 Å². The molecule has 1 unspecified atom stereocenters. The van der Waals surface area contributed by atoms with Crippen LogP contribution in [0.2, 0.25) is 0 Å². The van der Waals surface area contributed by atoms with E-state index in [0.29, 0.717) is 23.7 Å². The summed E-state index contributed by atoms with van der Waals surface area (Å²) in [5.41, 5.74) is 1.01. The molecule has 1 atom stereocenters. The number of hydrogen-bond acceptors (Lipinski definition) is 7. The SMILES string of the molecule is COc1cc(C2SCCC(=O)N2CCCN2CCN(C)CC2)cc(OC)c1OC. The second-order valence-electron chi connectivity index (χ2n) is 7.52. The quantitative estimate of drug-likeness (QED) is 0.636. The number of carbonyl (C=O) groups is 1. The van der Waals surface area contributed by atoms with Crippen molar-refractivity contribution >= 4 is 17.7 Å². The first-order valence-electron chi connectivity index (χ1n) is 10.2. The number of hydrogen-bond donors (Lipinski definition) is 0. The Bertz CT molecular complexity index is 669. The van der Waals surface area contributed by atoms with Gasteiger partial charge in [0.1, 0.15) is 5.37 Å². The topological polar surface area (TPSA) is 54.5 Å². The van der Waals surface area contributed by atoms with Crippen LogP contribution >= 0.6 is 11.8 Å². The molecule has 0 aliphatic carbocycles. The number of ether oxygens (including phenoxy) is 3. The van der Waals surface area contributed by atoms with Crippen molar-refractivity contribution in [1.29, 1.82) is 0 Å². The Morgan fingerprint density at radius 2 is 1.66 bits per heavy atom. The zero-order chi connectivity index (χ0) is 20.8. The van der Waals surface area contributed by atoms with Crippen molar-refractivity contribution in [1.82, 2.24) is 14.7 Å². The van der Waals surface area contributed by atoms with Crippen molar-refractivity contribution in [3.05, 3.63) is 17.7 Å². The molecule has 162 valence electrons. The van der Waals surface area contributed by atoms with E-state index >= 15 is 0 Å². The molecule has 2 heterocycles. The summed E-state index contributed by atoms with van der Waals surface area (Å²) in [5, 5.41) is -0.0301. The molecule has 0 N–H and O–H groups in total. The van der Waals surface area contributed by atoms with Crippen LogP contribution in [0.5, 0.6) is 17.2 Å². The molecule has 2 fully saturated rings. The van der Waals surface area contributed by atoms with E-state index in [0.717, 1.165) is 57.0 Å². The van der Waals surface area contributed by atoms with Gasteiger partial charge in [-0.3, -0.25) is 4.79 Å². The summed E-state index contributed by atoms with van der Waals surface area (Å²) in [6.07, 6.45) is 1.58. The largest absolute Gasteiger partial charge is 0.493 e. The molecule has 2 aliphatic rings. The molecule has 0 saturated carbocycles. The van der Waals surface area contributed by atoms with Gasteiger partial charge in [-0.25, -0.2) is 0 Å². The van der Waals surface area contributed by atoms with Gasteiger partial charge in [-0.1, -0.05) is 0 Å². The summed E-state index contributed by atoms with van der Waals surface area (Å²) in [7, 11) is 7.01. The van der Waals surface area contributed by atoms with Crippen molar-refractivity contribution in [2.45, 2.75) is 18.2 Å². The lowest BCUT2D eigenvalue weighted by molar-refractivity contribution is -0.132. The lowest BCUT2D eigenvalue weighted by atomic mass is 10.1. The van der Waals surface area contributed by atoms with Crippen LogP contribution in [-0.4, -0.2) is 94.0 Å². The Kier molecular flexibility index (Phi) is 7.91. The fraction of sp³-hybridized carbons (Fsp3) is 0.667. The maximum absolute atomic E-state index is 12.7. The first-order chi connectivity index (χ1) is 14.1. The first kappa shape index (κ1) is 22.1. The molecule has 1 amide bonds. The third-order valence-electron chi connectivity index (χ3n) is 5.64. The molecule has 0 aromatic heterocycles. The van der Waals surface area contributed by atoms with Crippen LogP contribution < -0.4 is 14.2 Å². The minimum atomic E-state index is -0.0301. The molecule has 2 saturated heterocycles. The summed E-state index contributed by atoms with van der Waals surface area (Å²) in [6.45, 7) is 6.24.